The van der Waals surface area contributed by atoms with E-state index in [0.717, 1.165) is 10.2 Å². The third-order valence-corrected chi connectivity index (χ3v) is 3.54. The molecular formula is C16H16BrFN2O. The van der Waals surface area contributed by atoms with E-state index in [0.29, 0.717) is 5.56 Å². The van der Waals surface area contributed by atoms with Crippen LogP contribution >= 0.6 is 15.9 Å². The second-order valence-corrected chi connectivity index (χ2v) is 5.60. The molecule has 0 aliphatic heterocycles. The van der Waals surface area contributed by atoms with E-state index in [1.807, 2.05) is 31.2 Å². The molecule has 2 rings (SSSR count). The summed E-state index contributed by atoms with van der Waals surface area (Å²) in [6.07, 6.45) is 0. The summed E-state index contributed by atoms with van der Waals surface area (Å²) in [5, 5.41) is 5.79. The van der Waals surface area contributed by atoms with E-state index in [9.17, 15) is 9.18 Å². The second-order valence-electron chi connectivity index (χ2n) is 4.68. The first-order chi connectivity index (χ1) is 10.1. The lowest BCUT2D eigenvalue weighted by Gasteiger charge is -2.15. The average Bonchev–Trinajstić information content (AvgIpc) is 2.45. The average molecular weight is 351 g/mol. The van der Waals surface area contributed by atoms with E-state index in [1.165, 1.54) is 6.07 Å². The Morgan fingerprint density at radius 3 is 2.71 bits per heavy atom. The maximum Gasteiger partial charge on any atom is 0.238 e. The smallest absolute Gasteiger partial charge is 0.238 e. The third kappa shape index (κ3) is 4.65. The predicted molar refractivity (Wildman–Crippen MR) is 85.6 cm³/mol. The van der Waals surface area contributed by atoms with Crippen molar-refractivity contribution in [3.05, 3.63) is 64.4 Å². The predicted octanol–water partition coefficient (Wildman–Crippen LogP) is 3.88. The summed E-state index contributed by atoms with van der Waals surface area (Å²) in [6.45, 7) is 1.94. The van der Waals surface area contributed by atoms with Gasteiger partial charge < -0.3 is 10.6 Å². The second kappa shape index (κ2) is 7.33. The Labute approximate surface area is 131 Å². The van der Waals surface area contributed by atoms with Gasteiger partial charge in [-0.25, -0.2) is 4.39 Å². The van der Waals surface area contributed by atoms with Crippen LogP contribution in [-0.2, 0) is 4.79 Å². The van der Waals surface area contributed by atoms with Crippen molar-refractivity contribution in [3.63, 3.8) is 0 Å². The van der Waals surface area contributed by atoms with Crippen molar-refractivity contribution in [3.8, 4) is 0 Å². The van der Waals surface area contributed by atoms with Gasteiger partial charge in [0.05, 0.1) is 6.54 Å². The number of hydrogen-bond donors (Lipinski definition) is 2. The van der Waals surface area contributed by atoms with E-state index >= 15 is 0 Å². The van der Waals surface area contributed by atoms with Crippen LogP contribution in [0.25, 0.3) is 0 Å². The standard InChI is InChI=1S/C16H16BrFN2O/c1-11(14-7-2-3-8-15(14)18)19-10-16(21)20-13-6-4-5-12(17)9-13/h2-9,11,19H,10H2,1H3,(H,20,21)/t11-/m1/s1. The Morgan fingerprint density at radius 2 is 2.00 bits per heavy atom. The fraction of sp³-hybridized carbons (Fsp3) is 0.188. The van der Waals surface area contributed by atoms with Crippen molar-refractivity contribution in [1.82, 2.24) is 5.32 Å². The van der Waals surface area contributed by atoms with Crippen LogP contribution in [0.3, 0.4) is 0 Å². The highest BCUT2D eigenvalue weighted by Gasteiger charge is 2.11. The Bertz CT molecular complexity index is 633. The number of halogens is 2. The Kier molecular flexibility index (Phi) is 5.47. The molecule has 2 N–H and O–H groups in total. The zero-order chi connectivity index (χ0) is 15.2. The number of carbonyl (C=O) groups is 1. The van der Waals surface area contributed by atoms with Gasteiger partial charge in [-0.1, -0.05) is 40.2 Å². The number of nitrogens with one attached hydrogen (secondary N) is 2. The molecule has 5 heteroatoms. The van der Waals surface area contributed by atoms with Gasteiger partial charge in [-0.05, 0) is 31.2 Å². The molecule has 0 saturated heterocycles. The van der Waals surface area contributed by atoms with Gasteiger partial charge in [0, 0.05) is 21.8 Å². The fourth-order valence-corrected chi connectivity index (χ4v) is 2.35. The number of rotatable bonds is 5. The van der Waals surface area contributed by atoms with Crippen molar-refractivity contribution in [2.24, 2.45) is 0 Å². The number of anilines is 1. The summed E-state index contributed by atoms with van der Waals surface area (Å²) < 4.78 is 14.5. The lowest BCUT2D eigenvalue weighted by molar-refractivity contribution is -0.115. The van der Waals surface area contributed by atoms with Gasteiger partial charge in [0.2, 0.25) is 5.91 Å². The van der Waals surface area contributed by atoms with Crippen molar-refractivity contribution >= 4 is 27.5 Å². The molecule has 21 heavy (non-hydrogen) atoms. The highest BCUT2D eigenvalue weighted by Crippen LogP contribution is 2.17. The normalized spacial score (nSPS) is 12.0. The molecule has 2 aromatic carbocycles. The Balaban J connectivity index is 1.88. The van der Waals surface area contributed by atoms with E-state index < -0.39 is 0 Å². The number of carbonyl (C=O) groups excluding carboxylic acids is 1. The molecular weight excluding hydrogens is 335 g/mol. The van der Waals surface area contributed by atoms with Crippen LogP contribution in [0.5, 0.6) is 0 Å². The van der Waals surface area contributed by atoms with Crippen molar-refractivity contribution < 1.29 is 9.18 Å². The molecule has 110 valence electrons. The maximum absolute atomic E-state index is 13.6. The molecule has 1 atom stereocenters. The van der Waals surface area contributed by atoms with E-state index in [4.69, 9.17) is 0 Å². The lowest BCUT2D eigenvalue weighted by Crippen LogP contribution is -2.30. The number of benzene rings is 2. The first-order valence-electron chi connectivity index (χ1n) is 6.59. The first-order valence-corrected chi connectivity index (χ1v) is 7.39. The van der Waals surface area contributed by atoms with Gasteiger partial charge in [0.1, 0.15) is 5.82 Å². The zero-order valence-electron chi connectivity index (χ0n) is 11.6. The molecule has 3 nitrogen and oxygen atoms in total. The first kappa shape index (κ1) is 15.7. The minimum Gasteiger partial charge on any atom is -0.325 e. The van der Waals surface area contributed by atoms with Crippen LogP contribution in [0.2, 0.25) is 0 Å². The molecule has 0 aromatic heterocycles. The fourth-order valence-electron chi connectivity index (χ4n) is 1.95. The molecule has 0 unspecified atom stereocenters. The SMILES string of the molecule is C[C@@H](NCC(=O)Nc1cccc(Br)c1)c1ccccc1F. The largest absolute Gasteiger partial charge is 0.325 e. The molecule has 0 saturated carbocycles. The van der Waals surface area contributed by atoms with Crippen molar-refractivity contribution in [1.29, 1.82) is 0 Å². The topological polar surface area (TPSA) is 41.1 Å². The van der Waals surface area contributed by atoms with Gasteiger partial charge >= 0.3 is 0 Å². The summed E-state index contributed by atoms with van der Waals surface area (Å²) in [5.74, 6) is -0.443. The summed E-state index contributed by atoms with van der Waals surface area (Å²) in [7, 11) is 0. The van der Waals surface area contributed by atoms with Crippen LogP contribution in [-0.4, -0.2) is 12.5 Å². The van der Waals surface area contributed by atoms with E-state index in [1.54, 1.807) is 18.2 Å². The molecule has 1 amide bonds. The minimum absolute atomic E-state index is 0.113. The van der Waals surface area contributed by atoms with Crippen LogP contribution in [0.4, 0.5) is 10.1 Å². The summed E-state index contributed by atoms with van der Waals surface area (Å²) in [6, 6.07) is 13.7. The lowest BCUT2D eigenvalue weighted by atomic mass is 10.1. The van der Waals surface area contributed by atoms with Gasteiger partial charge in [0.15, 0.2) is 0 Å². The molecule has 0 radical (unpaired) electrons. The van der Waals surface area contributed by atoms with Gasteiger partial charge in [-0.2, -0.15) is 0 Å². The van der Waals surface area contributed by atoms with Crippen LogP contribution in [0.15, 0.2) is 53.0 Å². The van der Waals surface area contributed by atoms with E-state index in [2.05, 4.69) is 26.6 Å². The summed E-state index contributed by atoms with van der Waals surface area (Å²) in [5.41, 5.74) is 1.27. The molecule has 0 heterocycles. The monoisotopic (exact) mass is 350 g/mol. The molecule has 0 bridgehead atoms. The summed E-state index contributed by atoms with van der Waals surface area (Å²) >= 11 is 3.34. The molecule has 0 fully saturated rings. The van der Waals surface area contributed by atoms with Crippen LogP contribution in [0, 0.1) is 5.82 Å². The van der Waals surface area contributed by atoms with Crippen LogP contribution in [0.1, 0.15) is 18.5 Å². The zero-order valence-corrected chi connectivity index (χ0v) is 13.2. The van der Waals surface area contributed by atoms with Crippen LogP contribution < -0.4 is 10.6 Å². The highest BCUT2D eigenvalue weighted by molar-refractivity contribution is 9.10. The van der Waals surface area contributed by atoms with Gasteiger partial charge in [-0.15, -0.1) is 0 Å². The summed E-state index contributed by atoms with van der Waals surface area (Å²) in [4.78, 5) is 11.9. The quantitative estimate of drug-likeness (QED) is 0.859. The van der Waals surface area contributed by atoms with E-state index in [-0.39, 0.29) is 24.3 Å². The van der Waals surface area contributed by atoms with Gasteiger partial charge in [0.25, 0.3) is 0 Å². The molecule has 0 aliphatic rings. The highest BCUT2D eigenvalue weighted by atomic mass is 79.9. The Morgan fingerprint density at radius 1 is 1.24 bits per heavy atom. The third-order valence-electron chi connectivity index (χ3n) is 3.05. The molecule has 0 aliphatic carbocycles. The molecule has 2 aromatic rings. The molecule has 0 spiro atoms. The minimum atomic E-state index is -0.273. The number of amides is 1. The van der Waals surface area contributed by atoms with Crippen molar-refractivity contribution in [2.45, 2.75) is 13.0 Å². The van der Waals surface area contributed by atoms with Crippen molar-refractivity contribution in [2.75, 3.05) is 11.9 Å². The Hall–Kier alpha value is -1.72. The van der Waals surface area contributed by atoms with Gasteiger partial charge in [-0.3, -0.25) is 4.79 Å². The maximum atomic E-state index is 13.6. The number of hydrogen-bond acceptors (Lipinski definition) is 2.